The molecule has 1 unspecified atom stereocenters. The van der Waals surface area contributed by atoms with Crippen molar-refractivity contribution >= 4 is 11.9 Å². The first-order chi connectivity index (χ1) is 12.8. The van der Waals surface area contributed by atoms with Crippen LogP contribution in [-0.2, 0) is 19.1 Å². The van der Waals surface area contributed by atoms with Crippen LogP contribution in [0.5, 0.6) is 0 Å². The maximum Gasteiger partial charge on any atom is 0.425 e. The fourth-order valence-corrected chi connectivity index (χ4v) is 2.19. The van der Waals surface area contributed by atoms with Gasteiger partial charge in [-0.05, 0) is 26.2 Å². The monoisotopic (exact) mass is 392 g/mol. The smallest absolute Gasteiger partial charge is 0.425 e. The summed E-state index contributed by atoms with van der Waals surface area (Å²) in [6.07, 6.45) is 1.28. The molecule has 0 saturated heterocycles. The van der Waals surface area contributed by atoms with Crippen molar-refractivity contribution in [2.75, 3.05) is 6.61 Å². The van der Waals surface area contributed by atoms with Crippen molar-refractivity contribution in [3.8, 4) is 11.8 Å². The molecule has 0 rings (SSSR count). The number of hydrogen-bond donors (Lipinski definition) is 0. The lowest BCUT2D eigenvalue weighted by molar-refractivity contribution is -0.216. The summed E-state index contributed by atoms with van der Waals surface area (Å²) in [5, 5.41) is 0. The lowest BCUT2D eigenvalue weighted by atomic mass is 10.1. The minimum atomic E-state index is -4.57. The average molecular weight is 392 g/mol. The lowest BCUT2D eigenvalue weighted by Gasteiger charge is -2.16. The zero-order chi connectivity index (χ0) is 20.5. The van der Waals surface area contributed by atoms with Crippen LogP contribution in [0.15, 0.2) is 0 Å². The molecule has 0 N–H and O–H groups in total. The molecule has 0 fully saturated rings. The highest BCUT2D eigenvalue weighted by Crippen LogP contribution is 2.22. The minimum absolute atomic E-state index is 0.00566. The van der Waals surface area contributed by atoms with E-state index in [0.29, 0.717) is 6.61 Å². The number of alkyl halides is 3. The Kier molecular flexibility index (Phi) is 14.4. The Hall–Kier alpha value is -1.71. The topological polar surface area (TPSA) is 52.6 Å². The van der Waals surface area contributed by atoms with Gasteiger partial charge in [0.05, 0.1) is 6.61 Å². The number of halogens is 3. The fourth-order valence-electron chi connectivity index (χ4n) is 2.19. The number of ether oxygens (including phenoxy) is 2. The second-order valence-corrected chi connectivity index (χ2v) is 6.33. The van der Waals surface area contributed by atoms with Crippen molar-refractivity contribution in [3.05, 3.63) is 0 Å². The molecular weight excluding hydrogens is 361 g/mol. The average Bonchev–Trinajstić information content (AvgIpc) is 2.58. The van der Waals surface area contributed by atoms with Gasteiger partial charge < -0.3 is 9.47 Å². The van der Waals surface area contributed by atoms with Gasteiger partial charge in [0.1, 0.15) is 0 Å². The highest BCUT2D eigenvalue weighted by atomic mass is 19.4. The fraction of sp³-hybridized carbons (Fsp3) is 0.800. The first kappa shape index (κ1) is 25.3. The number of rotatable bonds is 13. The van der Waals surface area contributed by atoms with Crippen LogP contribution in [0.1, 0.15) is 84.5 Å². The van der Waals surface area contributed by atoms with Crippen molar-refractivity contribution in [2.24, 2.45) is 0 Å². The molecule has 27 heavy (non-hydrogen) atoms. The predicted molar refractivity (Wildman–Crippen MR) is 96.8 cm³/mol. The van der Waals surface area contributed by atoms with Gasteiger partial charge in [-0.2, -0.15) is 13.2 Å². The molecule has 0 aliphatic heterocycles. The van der Waals surface area contributed by atoms with Crippen LogP contribution >= 0.6 is 0 Å². The Morgan fingerprint density at radius 3 is 2.11 bits per heavy atom. The van der Waals surface area contributed by atoms with Crippen molar-refractivity contribution in [1.82, 2.24) is 0 Å². The highest BCUT2D eigenvalue weighted by molar-refractivity contribution is 5.72. The number of carbonyl (C=O) groups is 2. The summed E-state index contributed by atoms with van der Waals surface area (Å²) in [6.45, 7) is 3.13. The van der Waals surface area contributed by atoms with Crippen LogP contribution in [0.25, 0.3) is 0 Å². The SMILES string of the molecule is CCC#CCCCCCCCCOC(=O)CCCC(=O)OC(C)C(F)(F)F. The summed E-state index contributed by atoms with van der Waals surface area (Å²) in [7, 11) is 0. The van der Waals surface area contributed by atoms with Crippen molar-refractivity contribution < 1.29 is 32.2 Å². The summed E-state index contributed by atoms with van der Waals surface area (Å²) in [5.41, 5.74) is 0. The number of hydrogen-bond acceptors (Lipinski definition) is 4. The van der Waals surface area contributed by atoms with Gasteiger partial charge in [0.2, 0.25) is 0 Å². The first-order valence-corrected chi connectivity index (χ1v) is 9.65. The van der Waals surface area contributed by atoms with Gasteiger partial charge in [-0.1, -0.05) is 32.6 Å². The summed E-state index contributed by atoms with van der Waals surface area (Å²) in [6, 6.07) is 0. The molecule has 0 aromatic heterocycles. The maximum atomic E-state index is 12.2. The van der Waals surface area contributed by atoms with Crippen LogP contribution in [-0.4, -0.2) is 30.8 Å². The second kappa shape index (κ2) is 15.4. The van der Waals surface area contributed by atoms with Crippen LogP contribution in [0.4, 0.5) is 13.2 Å². The van der Waals surface area contributed by atoms with E-state index in [1.165, 1.54) is 0 Å². The number of carbonyl (C=O) groups excluding carboxylic acids is 2. The van der Waals surface area contributed by atoms with E-state index in [0.717, 1.165) is 58.3 Å². The third-order valence-corrected chi connectivity index (χ3v) is 3.79. The molecule has 7 heteroatoms. The Labute approximate surface area is 160 Å². The van der Waals surface area contributed by atoms with Crippen LogP contribution < -0.4 is 0 Å². The van der Waals surface area contributed by atoms with E-state index >= 15 is 0 Å². The minimum Gasteiger partial charge on any atom is -0.466 e. The van der Waals surface area contributed by atoms with Crippen LogP contribution in [0.2, 0.25) is 0 Å². The largest absolute Gasteiger partial charge is 0.466 e. The lowest BCUT2D eigenvalue weighted by Crippen LogP contribution is -2.30. The number of unbranched alkanes of at least 4 members (excludes halogenated alkanes) is 6. The van der Waals surface area contributed by atoms with Crippen molar-refractivity contribution in [3.63, 3.8) is 0 Å². The molecule has 0 heterocycles. The van der Waals surface area contributed by atoms with Gasteiger partial charge in [0, 0.05) is 25.7 Å². The maximum absolute atomic E-state index is 12.2. The van der Waals surface area contributed by atoms with Crippen molar-refractivity contribution in [1.29, 1.82) is 0 Å². The van der Waals surface area contributed by atoms with Crippen molar-refractivity contribution in [2.45, 2.75) is 96.8 Å². The van der Waals surface area contributed by atoms with Crippen LogP contribution in [0, 0.1) is 11.8 Å². The van der Waals surface area contributed by atoms with E-state index < -0.39 is 24.2 Å². The molecule has 0 aromatic rings. The Morgan fingerprint density at radius 1 is 0.889 bits per heavy atom. The highest BCUT2D eigenvalue weighted by Gasteiger charge is 2.38. The van der Waals surface area contributed by atoms with Gasteiger partial charge >= 0.3 is 18.1 Å². The number of esters is 2. The van der Waals surface area contributed by atoms with Gasteiger partial charge in [-0.3, -0.25) is 9.59 Å². The van der Waals surface area contributed by atoms with Gasteiger partial charge in [0.25, 0.3) is 0 Å². The van der Waals surface area contributed by atoms with Gasteiger partial charge in [-0.15, -0.1) is 11.8 Å². The molecule has 4 nitrogen and oxygen atoms in total. The molecular formula is C20H31F3O4. The molecule has 0 aliphatic rings. The molecule has 0 radical (unpaired) electrons. The van der Waals surface area contributed by atoms with Gasteiger partial charge in [0.15, 0.2) is 6.10 Å². The summed E-state index contributed by atoms with van der Waals surface area (Å²) in [5.74, 6) is 4.75. The zero-order valence-corrected chi connectivity index (χ0v) is 16.3. The second-order valence-electron chi connectivity index (χ2n) is 6.33. The quantitative estimate of drug-likeness (QED) is 0.241. The molecule has 0 aromatic carbocycles. The molecule has 0 amide bonds. The third kappa shape index (κ3) is 16.2. The van der Waals surface area contributed by atoms with E-state index in [2.05, 4.69) is 16.6 Å². The van der Waals surface area contributed by atoms with E-state index in [4.69, 9.17) is 4.74 Å². The van der Waals surface area contributed by atoms with E-state index in [1.807, 2.05) is 6.92 Å². The molecule has 156 valence electrons. The molecule has 0 saturated carbocycles. The Morgan fingerprint density at radius 2 is 1.48 bits per heavy atom. The third-order valence-electron chi connectivity index (χ3n) is 3.79. The van der Waals surface area contributed by atoms with E-state index in [1.54, 1.807) is 0 Å². The first-order valence-electron chi connectivity index (χ1n) is 9.65. The van der Waals surface area contributed by atoms with E-state index in [9.17, 15) is 22.8 Å². The normalized spacial score (nSPS) is 12.0. The summed E-state index contributed by atoms with van der Waals surface area (Å²) in [4.78, 5) is 22.8. The van der Waals surface area contributed by atoms with Crippen LogP contribution in [0.3, 0.4) is 0 Å². The molecule has 0 aliphatic carbocycles. The van der Waals surface area contributed by atoms with E-state index in [-0.39, 0.29) is 19.3 Å². The standard InChI is InChI=1S/C20H31F3O4/c1-3-4-5-6-7-8-9-10-11-12-16-26-18(24)14-13-15-19(25)27-17(2)20(21,22)23/h17H,3,6-16H2,1-2H3. The zero-order valence-electron chi connectivity index (χ0n) is 16.3. The Bertz CT molecular complexity index is 478. The summed E-state index contributed by atoms with van der Waals surface area (Å²) < 4.78 is 46.0. The summed E-state index contributed by atoms with van der Waals surface area (Å²) >= 11 is 0. The van der Waals surface area contributed by atoms with Gasteiger partial charge in [-0.25, -0.2) is 0 Å². The molecule has 0 bridgehead atoms. The predicted octanol–water partition coefficient (Wildman–Crippen LogP) is 5.34. The Balaban J connectivity index is 3.50. The molecule has 1 atom stereocenters. The molecule has 0 spiro atoms.